The van der Waals surface area contributed by atoms with Gasteiger partial charge < -0.3 is 10.2 Å². The fourth-order valence-electron chi connectivity index (χ4n) is 2.59. The molecule has 1 saturated carbocycles. The van der Waals surface area contributed by atoms with E-state index in [1.165, 1.54) is 31.4 Å². The quantitative estimate of drug-likeness (QED) is 0.851. The molecule has 0 bridgehead atoms. The molecule has 2 rings (SSSR count). The zero-order valence-electron chi connectivity index (χ0n) is 11.7. The van der Waals surface area contributed by atoms with Crippen molar-refractivity contribution < 1.29 is 8.78 Å². The van der Waals surface area contributed by atoms with Crippen molar-refractivity contribution in [2.75, 3.05) is 25.0 Å². The molecule has 0 aromatic heterocycles. The second-order valence-corrected chi connectivity index (χ2v) is 5.27. The summed E-state index contributed by atoms with van der Waals surface area (Å²) in [5, 5.41) is 2.90. The van der Waals surface area contributed by atoms with Crippen LogP contribution in [0, 0.1) is 17.6 Å². The molecule has 0 aliphatic heterocycles. The van der Waals surface area contributed by atoms with Crippen LogP contribution in [0.15, 0.2) is 12.1 Å². The van der Waals surface area contributed by atoms with Crippen LogP contribution in [0.2, 0.25) is 0 Å². The third-order valence-electron chi connectivity index (χ3n) is 3.86. The third-order valence-corrected chi connectivity index (χ3v) is 3.86. The first-order chi connectivity index (χ1) is 9.15. The average molecular weight is 268 g/mol. The number of benzene rings is 1. The lowest BCUT2D eigenvalue weighted by Gasteiger charge is -2.33. The Bertz CT molecular complexity index is 407. The number of hydrogen-bond acceptors (Lipinski definition) is 2. The van der Waals surface area contributed by atoms with Gasteiger partial charge in [-0.2, -0.15) is 0 Å². The Morgan fingerprint density at radius 2 is 1.89 bits per heavy atom. The van der Waals surface area contributed by atoms with Crippen LogP contribution >= 0.6 is 0 Å². The predicted octanol–water partition coefficient (Wildman–Crippen LogP) is 3.31. The van der Waals surface area contributed by atoms with Crippen molar-refractivity contribution in [3.8, 4) is 0 Å². The normalized spacial score (nSPS) is 15.4. The highest BCUT2D eigenvalue weighted by Gasteiger charge is 2.23. The summed E-state index contributed by atoms with van der Waals surface area (Å²) in [4.78, 5) is 1.83. The summed E-state index contributed by atoms with van der Waals surface area (Å²) in [6, 6.07) is 2.86. The van der Waals surface area contributed by atoms with Crippen LogP contribution in [0.25, 0.3) is 0 Å². The van der Waals surface area contributed by atoms with E-state index in [0.717, 1.165) is 6.54 Å². The highest BCUT2D eigenvalue weighted by molar-refractivity contribution is 5.50. The van der Waals surface area contributed by atoms with Crippen LogP contribution in [0.1, 0.15) is 31.7 Å². The summed E-state index contributed by atoms with van der Waals surface area (Å²) in [6.45, 7) is 3.81. The summed E-state index contributed by atoms with van der Waals surface area (Å²) >= 11 is 0. The molecule has 1 aromatic rings. The van der Waals surface area contributed by atoms with Crippen molar-refractivity contribution in [3.63, 3.8) is 0 Å². The van der Waals surface area contributed by atoms with Gasteiger partial charge >= 0.3 is 0 Å². The molecule has 4 heteroatoms. The van der Waals surface area contributed by atoms with Crippen LogP contribution in [0.3, 0.4) is 0 Å². The summed E-state index contributed by atoms with van der Waals surface area (Å²) in [5.41, 5.74) is 0.773. The van der Waals surface area contributed by atoms with Gasteiger partial charge in [0, 0.05) is 19.6 Å². The zero-order valence-corrected chi connectivity index (χ0v) is 11.7. The molecule has 1 aliphatic rings. The molecule has 0 atom stereocenters. The summed E-state index contributed by atoms with van der Waals surface area (Å²) in [7, 11) is 1.76. The molecule has 1 N–H and O–H groups in total. The molecule has 1 fully saturated rings. The minimum atomic E-state index is -0.452. The first-order valence-electron chi connectivity index (χ1n) is 7.03. The van der Waals surface area contributed by atoms with Gasteiger partial charge in [-0.25, -0.2) is 8.78 Å². The maximum absolute atomic E-state index is 14.1. The number of hydrogen-bond donors (Lipinski definition) is 1. The van der Waals surface area contributed by atoms with E-state index in [1.807, 2.05) is 11.8 Å². The molecule has 19 heavy (non-hydrogen) atoms. The van der Waals surface area contributed by atoms with E-state index in [0.29, 0.717) is 24.6 Å². The molecular weight excluding hydrogens is 246 g/mol. The van der Waals surface area contributed by atoms with E-state index in [2.05, 4.69) is 5.32 Å². The van der Waals surface area contributed by atoms with Crippen molar-refractivity contribution in [3.05, 3.63) is 29.3 Å². The molecular formula is C15H22F2N2. The zero-order chi connectivity index (χ0) is 13.8. The first-order valence-corrected chi connectivity index (χ1v) is 7.03. The highest BCUT2D eigenvalue weighted by atomic mass is 19.1. The summed E-state index contributed by atoms with van der Waals surface area (Å²) in [6.07, 6.45) is 3.60. The first kappa shape index (κ1) is 14.3. The predicted molar refractivity (Wildman–Crippen MR) is 74.3 cm³/mol. The topological polar surface area (TPSA) is 15.3 Å². The molecule has 0 amide bonds. The molecule has 0 saturated heterocycles. The minimum absolute atomic E-state index is 0.134. The monoisotopic (exact) mass is 268 g/mol. The van der Waals surface area contributed by atoms with Gasteiger partial charge in [0.05, 0.1) is 0 Å². The van der Waals surface area contributed by atoms with Crippen LogP contribution in [-0.4, -0.2) is 20.1 Å². The second-order valence-electron chi connectivity index (χ2n) is 5.27. The standard InChI is InChI=1S/C15H22F2N2/c1-3-19(10-11-5-4-6-11)15-13(16)7-12(9-18-2)8-14(15)17/h7-8,11,18H,3-6,9-10H2,1-2H3. The highest BCUT2D eigenvalue weighted by Crippen LogP contribution is 2.31. The number of halogens is 2. The lowest BCUT2D eigenvalue weighted by molar-refractivity contribution is 0.317. The smallest absolute Gasteiger partial charge is 0.149 e. The summed E-state index contributed by atoms with van der Waals surface area (Å²) in [5.74, 6) is -0.311. The number of rotatable bonds is 6. The molecule has 0 heterocycles. The molecule has 1 aromatic carbocycles. The van der Waals surface area contributed by atoms with Gasteiger partial charge in [0.25, 0.3) is 0 Å². The van der Waals surface area contributed by atoms with E-state index >= 15 is 0 Å². The van der Waals surface area contributed by atoms with Gasteiger partial charge in [-0.3, -0.25) is 0 Å². The number of anilines is 1. The van der Waals surface area contributed by atoms with Gasteiger partial charge in [0.1, 0.15) is 17.3 Å². The fourth-order valence-corrected chi connectivity index (χ4v) is 2.59. The Morgan fingerprint density at radius 3 is 2.32 bits per heavy atom. The third kappa shape index (κ3) is 3.24. The van der Waals surface area contributed by atoms with E-state index in [-0.39, 0.29) is 5.69 Å². The number of nitrogens with zero attached hydrogens (tertiary/aromatic N) is 1. The molecule has 0 unspecified atom stereocenters. The maximum atomic E-state index is 14.1. The van der Waals surface area contributed by atoms with Gasteiger partial charge in [-0.15, -0.1) is 0 Å². The van der Waals surface area contributed by atoms with Gasteiger partial charge in [0.15, 0.2) is 0 Å². The van der Waals surface area contributed by atoms with Gasteiger partial charge in [0.2, 0.25) is 0 Å². The average Bonchev–Trinajstić information content (AvgIpc) is 2.30. The van der Waals surface area contributed by atoms with Crippen LogP contribution in [-0.2, 0) is 6.54 Å². The van der Waals surface area contributed by atoms with Crippen molar-refractivity contribution in [2.45, 2.75) is 32.7 Å². The fraction of sp³-hybridized carbons (Fsp3) is 0.600. The Hall–Kier alpha value is -1.16. The Morgan fingerprint density at radius 1 is 1.26 bits per heavy atom. The molecule has 0 spiro atoms. The van der Waals surface area contributed by atoms with Gasteiger partial charge in [-0.05, 0) is 50.4 Å². The lowest BCUT2D eigenvalue weighted by Crippen LogP contribution is -2.33. The molecule has 2 nitrogen and oxygen atoms in total. The van der Waals surface area contributed by atoms with Crippen LogP contribution in [0.4, 0.5) is 14.5 Å². The van der Waals surface area contributed by atoms with E-state index in [9.17, 15) is 8.78 Å². The Labute approximate surface area is 113 Å². The molecule has 0 radical (unpaired) electrons. The van der Waals surface area contributed by atoms with E-state index in [4.69, 9.17) is 0 Å². The van der Waals surface area contributed by atoms with Crippen molar-refractivity contribution in [1.82, 2.24) is 5.32 Å². The maximum Gasteiger partial charge on any atom is 0.149 e. The Kier molecular flexibility index (Phi) is 4.75. The molecule has 106 valence electrons. The second kappa shape index (κ2) is 6.33. The van der Waals surface area contributed by atoms with Crippen molar-refractivity contribution in [2.24, 2.45) is 5.92 Å². The lowest BCUT2D eigenvalue weighted by atomic mass is 9.85. The Balaban J connectivity index is 2.20. The van der Waals surface area contributed by atoms with Gasteiger partial charge in [-0.1, -0.05) is 6.42 Å². The largest absolute Gasteiger partial charge is 0.367 e. The summed E-state index contributed by atoms with van der Waals surface area (Å²) < 4.78 is 28.3. The molecule has 1 aliphatic carbocycles. The van der Waals surface area contributed by atoms with E-state index < -0.39 is 11.6 Å². The SMILES string of the molecule is CCN(CC1CCC1)c1c(F)cc(CNC)cc1F. The van der Waals surface area contributed by atoms with E-state index in [1.54, 1.807) is 7.05 Å². The van der Waals surface area contributed by atoms with Crippen LogP contribution < -0.4 is 10.2 Å². The number of nitrogens with one attached hydrogen (secondary N) is 1. The van der Waals surface area contributed by atoms with Crippen molar-refractivity contribution in [1.29, 1.82) is 0 Å². The van der Waals surface area contributed by atoms with Crippen molar-refractivity contribution >= 4 is 5.69 Å². The minimum Gasteiger partial charge on any atom is -0.367 e. The van der Waals surface area contributed by atoms with Crippen LogP contribution in [0.5, 0.6) is 0 Å².